The number of aliphatic carboxylic acids is 1. The zero-order valence-electron chi connectivity index (χ0n) is 10.8. The third kappa shape index (κ3) is 2.82. The van der Waals surface area contributed by atoms with E-state index in [1.807, 2.05) is 0 Å². The summed E-state index contributed by atoms with van der Waals surface area (Å²) in [7, 11) is 0. The van der Waals surface area contributed by atoms with Crippen LogP contribution in [0.1, 0.15) is 18.7 Å². The number of carbonyl (C=O) groups is 2. The maximum absolute atomic E-state index is 12.2. The fraction of sp³-hybridized carbons (Fsp3) is 0.231. The minimum Gasteiger partial charge on any atom is -0.481 e. The number of hydrogen-bond acceptors (Lipinski definition) is 4. The van der Waals surface area contributed by atoms with E-state index in [1.165, 1.54) is 0 Å². The summed E-state index contributed by atoms with van der Waals surface area (Å²) in [4.78, 5) is 38.4. The number of carboxylic acids is 1. The van der Waals surface area contributed by atoms with Gasteiger partial charge in [-0.15, -0.1) is 0 Å². The summed E-state index contributed by atoms with van der Waals surface area (Å²) in [6, 6.07) is 6.80. The molecule has 0 aliphatic rings. The number of fused-ring (bicyclic) bond motifs is 1. The fourth-order valence-corrected chi connectivity index (χ4v) is 1.78. The number of carbonyl (C=O) groups excluding carboxylic acids is 1. The van der Waals surface area contributed by atoms with Crippen molar-refractivity contribution in [2.24, 2.45) is 0 Å². The first-order valence-corrected chi connectivity index (χ1v) is 5.99. The van der Waals surface area contributed by atoms with Crippen LogP contribution in [-0.4, -0.2) is 26.6 Å². The van der Waals surface area contributed by atoms with Crippen LogP contribution in [0.15, 0.2) is 29.1 Å². The van der Waals surface area contributed by atoms with Gasteiger partial charge in [-0.3, -0.25) is 19.8 Å². The standard InChI is InChI=1S/C13H13N3O4/c1-8-14-10-5-3-2-4-9(10)13(20)16(8)15-11(17)6-7-12(18)19/h2-5H,6-7H2,1H3,(H,15,17)(H,18,19). The van der Waals surface area contributed by atoms with Crippen LogP contribution in [0.25, 0.3) is 10.9 Å². The molecule has 1 heterocycles. The van der Waals surface area contributed by atoms with E-state index in [9.17, 15) is 14.4 Å². The largest absolute Gasteiger partial charge is 0.481 e. The summed E-state index contributed by atoms with van der Waals surface area (Å²) in [5.74, 6) is -1.28. The summed E-state index contributed by atoms with van der Waals surface area (Å²) >= 11 is 0. The Morgan fingerprint density at radius 2 is 2.00 bits per heavy atom. The Hall–Kier alpha value is -2.70. The molecule has 1 amide bonds. The lowest BCUT2D eigenvalue weighted by Gasteiger charge is -2.11. The molecule has 2 N–H and O–H groups in total. The summed E-state index contributed by atoms with van der Waals surface area (Å²) in [6.45, 7) is 1.59. The molecule has 0 fully saturated rings. The Morgan fingerprint density at radius 3 is 2.70 bits per heavy atom. The number of carboxylic acid groups (broad SMARTS) is 1. The van der Waals surface area contributed by atoms with Gasteiger partial charge in [-0.2, -0.15) is 0 Å². The van der Waals surface area contributed by atoms with Crippen LogP contribution < -0.4 is 11.0 Å². The molecule has 2 rings (SSSR count). The quantitative estimate of drug-likeness (QED) is 0.852. The zero-order chi connectivity index (χ0) is 14.7. The number of aryl methyl sites for hydroxylation is 1. The van der Waals surface area contributed by atoms with Gasteiger partial charge in [0, 0.05) is 6.42 Å². The Kier molecular flexibility index (Phi) is 3.79. The van der Waals surface area contributed by atoms with Crippen molar-refractivity contribution in [1.29, 1.82) is 0 Å². The highest BCUT2D eigenvalue weighted by Gasteiger charge is 2.11. The van der Waals surface area contributed by atoms with Crippen LogP contribution in [0.3, 0.4) is 0 Å². The highest BCUT2D eigenvalue weighted by atomic mass is 16.4. The van der Waals surface area contributed by atoms with Gasteiger partial charge in [0.1, 0.15) is 5.82 Å². The Balaban J connectivity index is 2.33. The minimum absolute atomic E-state index is 0.200. The van der Waals surface area contributed by atoms with Crippen molar-refractivity contribution >= 4 is 22.8 Å². The van der Waals surface area contributed by atoms with E-state index in [0.29, 0.717) is 16.7 Å². The molecule has 0 aliphatic heterocycles. The monoisotopic (exact) mass is 275 g/mol. The van der Waals surface area contributed by atoms with Gasteiger partial charge >= 0.3 is 5.97 Å². The van der Waals surface area contributed by atoms with E-state index < -0.39 is 17.4 Å². The number of para-hydroxylation sites is 1. The van der Waals surface area contributed by atoms with Crippen molar-refractivity contribution in [3.05, 3.63) is 40.4 Å². The lowest BCUT2D eigenvalue weighted by molar-refractivity contribution is -0.138. The Labute approximate surface area is 113 Å². The van der Waals surface area contributed by atoms with E-state index in [0.717, 1.165) is 4.68 Å². The average molecular weight is 275 g/mol. The normalized spacial score (nSPS) is 10.4. The smallest absolute Gasteiger partial charge is 0.303 e. The molecular formula is C13H13N3O4. The molecule has 0 saturated carbocycles. The highest BCUT2D eigenvalue weighted by Crippen LogP contribution is 2.06. The van der Waals surface area contributed by atoms with Gasteiger partial charge in [-0.1, -0.05) is 12.1 Å². The number of benzene rings is 1. The second kappa shape index (κ2) is 5.52. The molecule has 0 spiro atoms. The topological polar surface area (TPSA) is 101 Å². The predicted molar refractivity (Wildman–Crippen MR) is 72.0 cm³/mol. The van der Waals surface area contributed by atoms with Crippen LogP contribution in [-0.2, 0) is 9.59 Å². The van der Waals surface area contributed by atoms with Crippen LogP contribution >= 0.6 is 0 Å². The summed E-state index contributed by atoms with van der Waals surface area (Å²) in [5, 5.41) is 8.90. The Bertz CT molecular complexity index is 736. The fourth-order valence-electron chi connectivity index (χ4n) is 1.78. The van der Waals surface area contributed by atoms with Crippen LogP contribution in [0.4, 0.5) is 0 Å². The number of rotatable bonds is 4. The van der Waals surface area contributed by atoms with Gasteiger partial charge in [0.2, 0.25) is 5.91 Å². The van der Waals surface area contributed by atoms with Crippen LogP contribution in [0.5, 0.6) is 0 Å². The second-order valence-corrected chi connectivity index (χ2v) is 4.25. The van der Waals surface area contributed by atoms with Crippen molar-refractivity contribution < 1.29 is 14.7 Å². The van der Waals surface area contributed by atoms with Crippen LogP contribution in [0, 0.1) is 6.92 Å². The van der Waals surface area contributed by atoms with Crippen molar-refractivity contribution in [2.45, 2.75) is 19.8 Å². The first-order chi connectivity index (χ1) is 9.49. The van der Waals surface area contributed by atoms with E-state index in [-0.39, 0.29) is 12.8 Å². The van der Waals surface area contributed by atoms with Crippen molar-refractivity contribution in [2.75, 3.05) is 5.43 Å². The molecule has 2 aromatic rings. The molecule has 1 aromatic heterocycles. The molecule has 0 bridgehead atoms. The molecule has 0 aliphatic carbocycles. The highest BCUT2D eigenvalue weighted by molar-refractivity contribution is 5.87. The molecule has 0 radical (unpaired) electrons. The summed E-state index contributed by atoms with van der Waals surface area (Å²) in [6.07, 6.45) is -0.491. The molecule has 0 saturated heterocycles. The molecular weight excluding hydrogens is 262 g/mol. The second-order valence-electron chi connectivity index (χ2n) is 4.25. The van der Waals surface area contributed by atoms with Crippen LogP contribution in [0.2, 0.25) is 0 Å². The van der Waals surface area contributed by atoms with Gasteiger partial charge in [0.15, 0.2) is 0 Å². The minimum atomic E-state index is -1.07. The summed E-state index contributed by atoms with van der Waals surface area (Å²) in [5.41, 5.74) is 2.52. The van der Waals surface area contributed by atoms with E-state index in [2.05, 4.69) is 10.4 Å². The molecule has 1 aromatic carbocycles. The van der Waals surface area contributed by atoms with E-state index in [1.54, 1.807) is 31.2 Å². The molecule has 7 heteroatoms. The van der Waals surface area contributed by atoms with Gasteiger partial charge in [0.05, 0.1) is 17.3 Å². The maximum atomic E-state index is 12.2. The third-order valence-corrected chi connectivity index (χ3v) is 2.75. The van der Waals surface area contributed by atoms with Crippen molar-refractivity contribution in [1.82, 2.24) is 9.66 Å². The molecule has 104 valence electrons. The number of aromatic nitrogens is 2. The average Bonchev–Trinajstić information content (AvgIpc) is 2.41. The lowest BCUT2D eigenvalue weighted by Crippen LogP contribution is -2.35. The van der Waals surface area contributed by atoms with Gasteiger partial charge in [-0.05, 0) is 19.1 Å². The third-order valence-electron chi connectivity index (χ3n) is 2.75. The van der Waals surface area contributed by atoms with Gasteiger partial charge < -0.3 is 5.11 Å². The summed E-state index contributed by atoms with van der Waals surface area (Å²) < 4.78 is 1.03. The molecule has 20 heavy (non-hydrogen) atoms. The molecule has 0 atom stereocenters. The van der Waals surface area contributed by atoms with Crippen molar-refractivity contribution in [3.63, 3.8) is 0 Å². The number of hydrogen-bond donors (Lipinski definition) is 2. The predicted octanol–water partition coefficient (Wildman–Crippen LogP) is 0.640. The molecule has 0 unspecified atom stereocenters. The number of nitrogens with one attached hydrogen (secondary N) is 1. The van der Waals surface area contributed by atoms with E-state index in [4.69, 9.17) is 5.11 Å². The number of amides is 1. The molecule has 7 nitrogen and oxygen atoms in total. The number of nitrogens with zero attached hydrogens (tertiary/aromatic N) is 2. The SMILES string of the molecule is Cc1nc2ccccc2c(=O)n1NC(=O)CCC(=O)O. The lowest BCUT2D eigenvalue weighted by atomic mass is 10.2. The van der Waals surface area contributed by atoms with Gasteiger partial charge in [0.25, 0.3) is 5.56 Å². The first kappa shape index (κ1) is 13.7. The van der Waals surface area contributed by atoms with Crippen molar-refractivity contribution in [3.8, 4) is 0 Å². The first-order valence-electron chi connectivity index (χ1n) is 5.99. The van der Waals surface area contributed by atoms with E-state index >= 15 is 0 Å². The maximum Gasteiger partial charge on any atom is 0.303 e. The Morgan fingerprint density at radius 1 is 1.30 bits per heavy atom. The van der Waals surface area contributed by atoms with Gasteiger partial charge in [-0.25, -0.2) is 9.66 Å². The zero-order valence-corrected chi connectivity index (χ0v) is 10.8.